The molecule has 0 saturated heterocycles. The van der Waals surface area contributed by atoms with E-state index in [1.54, 1.807) is 18.2 Å². The molecule has 0 radical (unpaired) electrons. The molecule has 2 rings (SSSR count). The van der Waals surface area contributed by atoms with Gasteiger partial charge >= 0.3 is 5.97 Å². The third kappa shape index (κ3) is 1.78. The van der Waals surface area contributed by atoms with E-state index in [1.807, 2.05) is 0 Å². The fraction of sp³-hybridized carbons (Fsp3) is 0. The number of aromatic nitrogens is 1. The maximum atomic E-state index is 11.3. The highest BCUT2D eigenvalue weighted by Crippen LogP contribution is 2.17. The fourth-order valence-corrected chi connectivity index (χ4v) is 1.69. The second-order valence-corrected chi connectivity index (χ2v) is 3.96. The molecule has 1 aromatic carbocycles. The van der Waals surface area contributed by atoms with E-state index in [9.17, 15) is 9.59 Å². The molecule has 0 spiro atoms. The molecule has 4 nitrogen and oxygen atoms in total. The molecular weight excluding hydrogens is 262 g/mol. The molecule has 76 valence electrons. The third-order valence-electron chi connectivity index (χ3n) is 2.04. The maximum absolute atomic E-state index is 11.3. The average Bonchev–Trinajstić information content (AvgIpc) is 2.15. The van der Waals surface area contributed by atoms with E-state index in [0.29, 0.717) is 10.9 Å². The molecular formula is C10H6BrNO3. The van der Waals surface area contributed by atoms with Crippen molar-refractivity contribution >= 4 is 32.8 Å². The van der Waals surface area contributed by atoms with Gasteiger partial charge in [-0.25, -0.2) is 4.79 Å². The monoisotopic (exact) mass is 267 g/mol. The molecule has 0 unspecified atom stereocenters. The average molecular weight is 268 g/mol. The van der Waals surface area contributed by atoms with Crippen LogP contribution in [0.2, 0.25) is 0 Å². The lowest BCUT2D eigenvalue weighted by Crippen LogP contribution is -2.16. The number of nitrogens with one attached hydrogen (secondary N) is 1. The van der Waals surface area contributed by atoms with Gasteiger partial charge in [-0.15, -0.1) is 0 Å². The van der Waals surface area contributed by atoms with Crippen molar-refractivity contribution in [3.8, 4) is 0 Å². The zero-order valence-corrected chi connectivity index (χ0v) is 9.04. The Labute approximate surface area is 92.7 Å². The van der Waals surface area contributed by atoms with E-state index < -0.39 is 11.5 Å². The number of hydrogen-bond donors (Lipinski definition) is 2. The first kappa shape index (κ1) is 9.92. The molecule has 0 aliphatic rings. The lowest BCUT2D eigenvalue weighted by atomic mass is 10.1. The Morgan fingerprint density at radius 2 is 2.07 bits per heavy atom. The molecule has 2 N–H and O–H groups in total. The van der Waals surface area contributed by atoms with E-state index in [-0.39, 0.29) is 5.56 Å². The van der Waals surface area contributed by atoms with Crippen LogP contribution < -0.4 is 5.56 Å². The number of carboxylic acids is 1. The van der Waals surface area contributed by atoms with Crippen molar-refractivity contribution in [1.82, 2.24) is 4.98 Å². The van der Waals surface area contributed by atoms with E-state index in [1.165, 1.54) is 6.07 Å². The molecule has 1 aromatic heterocycles. The van der Waals surface area contributed by atoms with Crippen molar-refractivity contribution in [3.05, 3.63) is 44.7 Å². The molecule has 0 atom stereocenters. The Hall–Kier alpha value is -1.62. The topological polar surface area (TPSA) is 70.2 Å². The number of H-pyrrole nitrogens is 1. The molecule has 0 saturated carbocycles. The van der Waals surface area contributed by atoms with Crippen molar-refractivity contribution < 1.29 is 9.90 Å². The quantitative estimate of drug-likeness (QED) is 0.830. The largest absolute Gasteiger partial charge is 0.477 e. The van der Waals surface area contributed by atoms with Crippen LogP contribution in [0.25, 0.3) is 10.9 Å². The number of carboxylic acid groups (broad SMARTS) is 1. The predicted octanol–water partition coefficient (Wildman–Crippen LogP) is 1.99. The Kier molecular flexibility index (Phi) is 2.32. The zero-order chi connectivity index (χ0) is 11.0. The van der Waals surface area contributed by atoms with Gasteiger partial charge < -0.3 is 10.1 Å². The number of fused-ring (bicyclic) bond motifs is 1. The van der Waals surface area contributed by atoms with Gasteiger partial charge in [0.1, 0.15) is 5.56 Å². The van der Waals surface area contributed by atoms with E-state index >= 15 is 0 Å². The van der Waals surface area contributed by atoms with E-state index in [0.717, 1.165) is 4.47 Å². The van der Waals surface area contributed by atoms with Crippen LogP contribution in [0.15, 0.2) is 33.5 Å². The van der Waals surface area contributed by atoms with Gasteiger partial charge in [-0.3, -0.25) is 4.79 Å². The Balaban J connectivity index is 2.82. The minimum Gasteiger partial charge on any atom is -0.477 e. The zero-order valence-electron chi connectivity index (χ0n) is 7.45. The Bertz CT molecular complexity index is 603. The molecule has 2 aromatic rings. The summed E-state index contributed by atoms with van der Waals surface area (Å²) in [5, 5.41) is 9.44. The molecule has 5 heteroatoms. The van der Waals surface area contributed by atoms with Gasteiger partial charge in [-0.05, 0) is 23.6 Å². The summed E-state index contributed by atoms with van der Waals surface area (Å²) in [6, 6.07) is 6.61. The number of carbonyl (C=O) groups is 1. The lowest BCUT2D eigenvalue weighted by Gasteiger charge is -1.99. The van der Waals surface area contributed by atoms with Crippen LogP contribution in [0.5, 0.6) is 0 Å². The Morgan fingerprint density at radius 1 is 1.33 bits per heavy atom. The van der Waals surface area contributed by atoms with Crippen molar-refractivity contribution in [3.63, 3.8) is 0 Å². The van der Waals surface area contributed by atoms with Gasteiger partial charge in [0.05, 0.1) is 0 Å². The van der Waals surface area contributed by atoms with Crippen LogP contribution in [0, 0.1) is 0 Å². The minimum absolute atomic E-state index is 0.246. The van der Waals surface area contributed by atoms with E-state index in [2.05, 4.69) is 20.9 Å². The molecule has 1 heterocycles. The first-order valence-corrected chi connectivity index (χ1v) is 4.93. The first-order valence-electron chi connectivity index (χ1n) is 4.14. The standard InChI is InChI=1S/C10H6BrNO3/c11-6-2-1-5-3-7(10(14)15)9(13)12-8(5)4-6/h1-4H,(H,12,13)(H,14,15). The van der Waals surface area contributed by atoms with Gasteiger partial charge in [0.15, 0.2) is 0 Å². The highest BCUT2D eigenvalue weighted by molar-refractivity contribution is 9.10. The molecule has 0 bridgehead atoms. The van der Waals surface area contributed by atoms with Crippen LogP contribution in [0.1, 0.15) is 10.4 Å². The molecule has 0 fully saturated rings. The normalized spacial score (nSPS) is 10.5. The van der Waals surface area contributed by atoms with Gasteiger partial charge in [0, 0.05) is 9.99 Å². The van der Waals surface area contributed by atoms with Gasteiger partial charge in [-0.2, -0.15) is 0 Å². The number of benzene rings is 1. The fourth-order valence-electron chi connectivity index (χ4n) is 1.33. The lowest BCUT2D eigenvalue weighted by molar-refractivity contribution is 0.0695. The van der Waals surface area contributed by atoms with Crippen LogP contribution in [-0.4, -0.2) is 16.1 Å². The summed E-state index contributed by atoms with van der Waals surface area (Å²) in [4.78, 5) is 24.6. The van der Waals surface area contributed by atoms with Crippen LogP contribution in [-0.2, 0) is 0 Å². The second kappa shape index (κ2) is 3.51. The molecule has 0 aliphatic carbocycles. The molecule has 0 amide bonds. The number of pyridine rings is 1. The number of aromatic carboxylic acids is 1. The first-order chi connectivity index (χ1) is 7.08. The maximum Gasteiger partial charge on any atom is 0.341 e. The minimum atomic E-state index is -1.22. The smallest absolute Gasteiger partial charge is 0.341 e. The van der Waals surface area contributed by atoms with Crippen molar-refractivity contribution in [2.24, 2.45) is 0 Å². The third-order valence-corrected chi connectivity index (χ3v) is 2.53. The highest BCUT2D eigenvalue weighted by atomic mass is 79.9. The number of rotatable bonds is 1. The van der Waals surface area contributed by atoms with Crippen LogP contribution >= 0.6 is 15.9 Å². The summed E-state index contributed by atoms with van der Waals surface area (Å²) in [5.74, 6) is -1.22. The van der Waals surface area contributed by atoms with Crippen molar-refractivity contribution in [2.45, 2.75) is 0 Å². The summed E-state index contributed by atoms with van der Waals surface area (Å²) < 4.78 is 0.828. The molecule has 15 heavy (non-hydrogen) atoms. The van der Waals surface area contributed by atoms with Crippen molar-refractivity contribution in [2.75, 3.05) is 0 Å². The summed E-state index contributed by atoms with van der Waals surface area (Å²) in [6.45, 7) is 0. The summed E-state index contributed by atoms with van der Waals surface area (Å²) in [7, 11) is 0. The second-order valence-electron chi connectivity index (χ2n) is 3.05. The van der Waals surface area contributed by atoms with Gasteiger partial charge in [0.25, 0.3) is 5.56 Å². The SMILES string of the molecule is O=C(O)c1cc2ccc(Br)cc2[nH]c1=O. The van der Waals surface area contributed by atoms with Gasteiger partial charge in [0.2, 0.25) is 0 Å². The highest BCUT2D eigenvalue weighted by Gasteiger charge is 2.09. The van der Waals surface area contributed by atoms with Crippen LogP contribution in [0.3, 0.4) is 0 Å². The summed E-state index contributed by atoms with van der Waals surface area (Å²) in [6.07, 6.45) is 0. The number of aromatic amines is 1. The number of halogens is 1. The molecule has 0 aliphatic heterocycles. The van der Waals surface area contributed by atoms with Crippen molar-refractivity contribution in [1.29, 1.82) is 0 Å². The summed E-state index contributed by atoms with van der Waals surface area (Å²) in [5.41, 5.74) is -0.225. The number of hydrogen-bond acceptors (Lipinski definition) is 2. The predicted molar refractivity (Wildman–Crippen MR) is 59.2 cm³/mol. The van der Waals surface area contributed by atoms with Gasteiger partial charge in [-0.1, -0.05) is 22.0 Å². The van der Waals surface area contributed by atoms with Crippen LogP contribution in [0.4, 0.5) is 0 Å². The summed E-state index contributed by atoms with van der Waals surface area (Å²) >= 11 is 3.27. The van der Waals surface area contributed by atoms with E-state index in [4.69, 9.17) is 5.11 Å². The Morgan fingerprint density at radius 3 is 2.73 bits per heavy atom.